The van der Waals surface area contributed by atoms with Crippen LogP contribution in [0, 0.1) is 6.92 Å². The van der Waals surface area contributed by atoms with Gasteiger partial charge in [0.15, 0.2) is 0 Å². The van der Waals surface area contributed by atoms with Crippen LogP contribution in [-0.2, 0) is 5.41 Å². The van der Waals surface area contributed by atoms with Gasteiger partial charge >= 0.3 is 0 Å². The van der Waals surface area contributed by atoms with Crippen molar-refractivity contribution in [2.24, 2.45) is 0 Å². The highest BCUT2D eigenvalue weighted by atomic mass is 15.1. The Balaban J connectivity index is 1.94. The van der Waals surface area contributed by atoms with Crippen LogP contribution in [0.4, 0.5) is 0 Å². The fraction of sp³-hybridized carbons (Fsp3) is 0.600. The van der Waals surface area contributed by atoms with E-state index in [1.54, 1.807) is 5.56 Å². The third-order valence-corrected chi connectivity index (χ3v) is 4.61. The largest absolute Gasteiger partial charge is 0.303 e. The molecule has 0 N–H and O–H groups in total. The van der Waals surface area contributed by atoms with Gasteiger partial charge in [0.2, 0.25) is 0 Å². The van der Waals surface area contributed by atoms with Crippen molar-refractivity contribution in [3.63, 3.8) is 0 Å². The Bertz CT molecular complexity index is 352. The quantitative estimate of drug-likeness (QED) is 0.695. The zero-order valence-electron chi connectivity index (χ0n) is 10.2. The lowest BCUT2D eigenvalue weighted by Crippen LogP contribution is -2.38. The van der Waals surface area contributed by atoms with Crippen LogP contribution in [0.2, 0.25) is 0 Å². The van der Waals surface area contributed by atoms with Crippen molar-refractivity contribution < 1.29 is 0 Å². The molecule has 3 fully saturated rings. The van der Waals surface area contributed by atoms with Crippen LogP contribution in [0.25, 0.3) is 0 Å². The number of rotatable bonds is 1. The van der Waals surface area contributed by atoms with Crippen LogP contribution in [0.15, 0.2) is 24.3 Å². The van der Waals surface area contributed by atoms with Crippen molar-refractivity contribution in [2.75, 3.05) is 19.6 Å². The van der Waals surface area contributed by atoms with E-state index in [1.807, 2.05) is 0 Å². The minimum absolute atomic E-state index is 0.515. The van der Waals surface area contributed by atoms with Crippen molar-refractivity contribution in [1.82, 2.24) is 4.90 Å². The van der Waals surface area contributed by atoms with Gasteiger partial charge in [0.25, 0.3) is 0 Å². The zero-order chi connectivity index (χ0) is 11.0. The van der Waals surface area contributed by atoms with Crippen LogP contribution >= 0.6 is 0 Å². The summed E-state index contributed by atoms with van der Waals surface area (Å²) in [5.74, 6) is 0. The minimum Gasteiger partial charge on any atom is -0.303 e. The topological polar surface area (TPSA) is 3.24 Å². The Labute approximate surface area is 98.5 Å². The second-order valence-corrected chi connectivity index (χ2v) is 5.59. The molecule has 0 atom stereocenters. The van der Waals surface area contributed by atoms with E-state index < -0.39 is 0 Å². The standard InChI is InChI=1S/C15H21N/c1-13-3-5-14(6-4-13)15-7-2-10-16(11-8-15)12-9-15/h3-6H,2,7-12H2,1H3. The molecule has 0 radical (unpaired) electrons. The predicted octanol–water partition coefficient (Wildman–Crippen LogP) is 3.12. The lowest BCUT2D eigenvalue weighted by molar-refractivity contribution is 0.198. The summed E-state index contributed by atoms with van der Waals surface area (Å²) in [6.45, 7) is 6.13. The molecule has 2 bridgehead atoms. The van der Waals surface area contributed by atoms with Gasteiger partial charge in [0.1, 0.15) is 0 Å². The number of nitrogens with zero attached hydrogens (tertiary/aromatic N) is 1. The van der Waals surface area contributed by atoms with E-state index in [-0.39, 0.29) is 0 Å². The second kappa shape index (κ2) is 3.89. The molecular weight excluding hydrogens is 194 g/mol. The first-order valence-electron chi connectivity index (χ1n) is 6.58. The first-order chi connectivity index (χ1) is 7.78. The van der Waals surface area contributed by atoms with E-state index in [1.165, 1.54) is 50.9 Å². The summed E-state index contributed by atoms with van der Waals surface area (Å²) in [5.41, 5.74) is 3.49. The molecule has 1 nitrogen and oxygen atoms in total. The summed E-state index contributed by atoms with van der Waals surface area (Å²) in [7, 11) is 0. The Kier molecular flexibility index (Phi) is 2.51. The molecule has 0 aliphatic carbocycles. The van der Waals surface area contributed by atoms with E-state index in [2.05, 4.69) is 36.1 Å². The van der Waals surface area contributed by atoms with Gasteiger partial charge in [-0.2, -0.15) is 0 Å². The molecule has 86 valence electrons. The molecule has 3 heterocycles. The van der Waals surface area contributed by atoms with Gasteiger partial charge in [-0.15, -0.1) is 0 Å². The van der Waals surface area contributed by atoms with Crippen LogP contribution in [0.5, 0.6) is 0 Å². The third-order valence-electron chi connectivity index (χ3n) is 4.61. The fourth-order valence-corrected chi connectivity index (χ4v) is 3.44. The lowest BCUT2D eigenvalue weighted by Gasteiger charge is -2.38. The first kappa shape index (κ1) is 10.3. The smallest absolute Gasteiger partial charge is 0.00102 e. The van der Waals surface area contributed by atoms with Gasteiger partial charge in [-0.25, -0.2) is 0 Å². The SMILES string of the molecule is Cc1ccc(C23CCCN(CC2)CC3)cc1. The number of piperidine rings is 1. The maximum absolute atomic E-state index is 2.64. The average molecular weight is 215 g/mol. The first-order valence-corrected chi connectivity index (χ1v) is 6.58. The summed E-state index contributed by atoms with van der Waals surface area (Å²) in [4.78, 5) is 2.64. The Hall–Kier alpha value is -0.820. The van der Waals surface area contributed by atoms with Gasteiger partial charge < -0.3 is 4.90 Å². The molecule has 16 heavy (non-hydrogen) atoms. The van der Waals surface area contributed by atoms with E-state index in [4.69, 9.17) is 0 Å². The molecule has 0 spiro atoms. The molecule has 0 amide bonds. The molecule has 1 aromatic carbocycles. The lowest BCUT2D eigenvalue weighted by atomic mass is 9.71. The molecule has 0 aromatic heterocycles. The van der Waals surface area contributed by atoms with Crippen molar-refractivity contribution in [1.29, 1.82) is 0 Å². The molecule has 1 aromatic rings. The van der Waals surface area contributed by atoms with E-state index in [9.17, 15) is 0 Å². The van der Waals surface area contributed by atoms with Gasteiger partial charge in [0, 0.05) is 0 Å². The summed E-state index contributed by atoms with van der Waals surface area (Å²) in [6, 6.07) is 9.30. The van der Waals surface area contributed by atoms with Crippen molar-refractivity contribution >= 4 is 0 Å². The van der Waals surface area contributed by atoms with Gasteiger partial charge in [-0.05, 0) is 63.2 Å². The molecule has 0 saturated carbocycles. The summed E-state index contributed by atoms with van der Waals surface area (Å²) in [5, 5.41) is 0. The third kappa shape index (κ3) is 1.67. The Morgan fingerprint density at radius 3 is 2.31 bits per heavy atom. The molecule has 4 rings (SSSR count). The normalized spacial score (nSPS) is 33.7. The number of hydrogen-bond donors (Lipinski definition) is 0. The minimum atomic E-state index is 0.515. The molecule has 0 unspecified atom stereocenters. The molecular formula is C15H21N. The molecule has 3 aliphatic rings. The Morgan fingerprint density at radius 1 is 0.938 bits per heavy atom. The zero-order valence-corrected chi connectivity index (χ0v) is 10.2. The second-order valence-electron chi connectivity index (χ2n) is 5.59. The van der Waals surface area contributed by atoms with Gasteiger partial charge in [-0.3, -0.25) is 0 Å². The highest BCUT2D eigenvalue weighted by Crippen LogP contribution is 2.42. The highest BCUT2D eigenvalue weighted by molar-refractivity contribution is 5.30. The van der Waals surface area contributed by atoms with Crippen LogP contribution < -0.4 is 0 Å². The maximum Gasteiger partial charge on any atom is -0.00102 e. The average Bonchev–Trinajstić information content (AvgIpc) is 2.64. The summed E-state index contributed by atoms with van der Waals surface area (Å²) in [6.07, 6.45) is 5.52. The number of fused-ring (bicyclic) bond motifs is 4. The summed E-state index contributed by atoms with van der Waals surface area (Å²) >= 11 is 0. The van der Waals surface area contributed by atoms with Crippen molar-refractivity contribution in [3.8, 4) is 0 Å². The number of hydrogen-bond acceptors (Lipinski definition) is 1. The Morgan fingerprint density at radius 2 is 1.62 bits per heavy atom. The molecule has 3 aliphatic heterocycles. The van der Waals surface area contributed by atoms with Crippen LogP contribution in [-0.4, -0.2) is 24.5 Å². The predicted molar refractivity (Wildman–Crippen MR) is 67.8 cm³/mol. The maximum atomic E-state index is 2.64. The van der Waals surface area contributed by atoms with E-state index in [0.29, 0.717) is 5.41 Å². The molecule has 3 saturated heterocycles. The van der Waals surface area contributed by atoms with Crippen LogP contribution in [0.3, 0.4) is 0 Å². The van der Waals surface area contributed by atoms with E-state index >= 15 is 0 Å². The highest BCUT2D eigenvalue weighted by Gasteiger charge is 2.37. The van der Waals surface area contributed by atoms with Crippen molar-refractivity contribution in [2.45, 2.75) is 38.0 Å². The van der Waals surface area contributed by atoms with Crippen molar-refractivity contribution in [3.05, 3.63) is 35.4 Å². The summed E-state index contributed by atoms with van der Waals surface area (Å²) < 4.78 is 0. The van der Waals surface area contributed by atoms with Gasteiger partial charge in [0.05, 0.1) is 0 Å². The fourth-order valence-electron chi connectivity index (χ4n) is 3.44. The van der Waals surface area contributed by atoms with E-state index in [0.717, 1.165) is 0 Å². The van der Waals surface area contributed by atoms with Gasteiger partial charge in [-0.1, -0.05) is 29.8 Å². The number of benzene rings is 1. The molecule has 1 heteroatoms. The number of aryl methyl sites for hydroxylation is 1. The monoisotopic (exact) mass is 215 g/mol. The van der Waals surface area contributed by atoms with Crippen LogP contribution in [0.1, 0.15) is 36.8 Å².